The molecule has 10 atom stereocenters. The Morgan fingerprint density at radius 1 is 0.443 bits per heavy atom. The van der Waals surface area contributed by atoms with Crippen molar-refractivity contribution in [3.63, 3.8) is 0 Å². The van der Waals surface area contributed by atoms with Crippen molar-refractivity contribution in [1.82, 2.24) is 0 Å². The third kappa shape index (κ3) is 18.5. The lowest BCUT2D eigenvalue weighted by atomic mass is 9.78. The molecule has 0 N–H and O–H groups in total. The third-order valence-corrected chi connectivity index (χ3v) is 9.44. The fraction of sp³-hybridized carbons (Fsp3) is 0.581. The third-order valence-electron chi connectivity index (χ3n) is 8.32. The molecule has 0 heterocycles. The predicted molar refractivity (Wildman–Crippen MR) is 231 cm³/mol. The molecule has 2 rings (SSSR count). The molecule has 0 saturated carbocycles. The molecule has 2 aromatic carbocycles. The Balaban J connectivity index is 2.00. The lowest BCUT2D eigenvalue weighted by Crippen LogP contribution is -2.32. The number of carbonyl (C=O) groups excluding carboxylic acids is 2. The highest BCUT2D eigenvalue weighted by atomic mass is 35.5. The molecular formula is C43H60Cl4O14. The van der Waals surface area contributed by atoms with E-state index in [-0.39, 0.29) is 42.7 Å². The zero-order valence-corrected chi connectivity index (χ0v) is 40.2. The largest absolute Gasteiger partial charge is 0.462 e. The second-order valence-electron chi connectivity index (χ2n) is 14.5. The van der Waals surface area contributed by atoms with Gasteiger partial charge in [0.25, 0.3) is 0 Å². The van der Waals surface area contributed by atoms with Gasteiger partial charge < -0.3 is 56.8 Å². The van der Waals surface area contributed by atoms with Crippen LogP contribution in [-0.4, -0.2) is 74.8 Å². The highest BCUT2D eigenvalue weighted by Gasteiger charge is 2.29. The van der Waals surface area contributed by atoms with E-state index < -0.39 is 80.3 Å². The summed E-state index contributed by atoms with van der Waals surface area (Å²) in [7, 11) is 0. The summed E-state index contributed by atoms with van der Waals surface area (Å²) in [6.07, 6.45) is -8.04. The van der Waals surface area contributed by atoms with E-state index in [0.717, 1.165) is 11.1 Å². The number of hydrogen-bond donors (Lipinski definition) is 0. The van der Waals surface area contributed by atoms with Gasteiger partial charge in [-0.3, -0.25) is 0 Å². The quantitative estimate of drug-likeness (QED) is 0.0501. The summed E-state index contributed by atoms with van der Waals surface area (Å²) < 4.78 is 67.8. The van der Waals surface area contributed by atoms with E-state index in [9.17, 15) is 9.59 Å². The summed E-state index contributed by atoms with van der Waals surface area (Å²) >= 11 is 26.9. The van der Waals surface area contributed by atoms with Gasteiger partial charge in [0.1, 0.15) is 0 Å². The lowest BCUT2D eigenvalue weighted by Gasteiger charge is -2.29. The van der Waals surface area contributed by atoms with Crippen molar-refractivity contribution in [2.24, 2.45) is 0 Å². The van der Waals surface area contributed by atoms with Crippen molar-refractivity contribution < 1.29 is 66.4 Å². The van der Waals surface area contributed by atoms with Crippen molar-refractivity contribution in [2.45, 2.75) is 165 Å². The van der Waals surface area contributed by atoms with Crippen molar-refractivity contribution in [3.8, 4) is 11.5 Å². The van der Waals surface area contributed by atoms with Crippen LogP contribution in [0.4, 0.5) is 0 Å². The fourth-order valence-electron chi connectivity index (χ4n) is 5.53. The molecule has 0 aliphatic carbocycles. The Hall–Kier alpha value is -2.70. The van der Waals surface area contributed by atoms with E-state index in [0.29, 0.717) is 0 Å². The summed E-state index contributed by atoms with van der Waals surface area (Å²) in [5.41, 5.74) is 1.29. The van der Waals surface area contributed by atoms with Crippen LogP contribution in [0.15, 0.2) is 48.6 Å². The van der Waals surface area contributed by atoms with Crippen LogP contribution in [0.2, 0.25) is 20.1 Å². The standard InChI is InChI=1S/C43H60Cl4O14/c1-21(2)41(48)60-31(13)56-27(9)52-23(5)50-25(7)54-29(11)58-39-35(44)17-33(18-36(39)45)43(15,16)34-19-37(46)40(38(47)20-34)59-30(12)55-26(8)51-24(6)53-28(10)57-32(14)61-42(49)22(3)4/h17-20,23-32H,1,3H2,2,4-16H3. The summed E-state index contributed by atoms with van der Waals surface area (Å²) in [5.74, 6) is -0.729. The Labute approximate surface area is 379 Å². The number of esters is 2. The molecule has 61 heavy (non-hydrogen) atoms. The SMILES string of the molecule is C=C(C)C(=O)OC(C)OC(C)OC(C)OC(C)OC(C)Oc1c(Cl)cc(C(C)(C)c2cc(Cl)c(OC(C)OC(C)OC(C)OC(C)OC(C)OC(=O)C(=C)C)c(Cl)c2)cc1Cl. The molecule has 0 aliphatic heterocycles. The average molecular weight is 943 g/mol. The number of halogens is 4. The lowest BCUT2D eigenvalue weighted by molar-refractivity contribution is -0.314. The van der Waals surface area contributed by atoms with Gasteiger partial charge in [0.2, 0.25) is 12.6 Å². The van der Waals surface area contributed by atoms with Crippen LogP contribution in [0.3, 0.4) is 0 Å². The average Bonchev–Trinajstić information content (AvgIpc) is 3.10. The van der Waals surface area contributed by atoms with E-state index in [4.69, 9.17) is 103 Å². The maximum absolute atomic E-state index is 11.7. The summed E-state index contributed by atoms with van der Waals surface area (Å²) in [5, 5.41) is 0.958. The summed E-state index contributed by atoms with van der Waals surface area (Å²) in [6.45, 7) is 30.5. The molecule has 0 spiro atoms. The van der Waals surface area contributed by atoms with Crippen LogP contribution in [0.25, 0.3) is 0 Å². The molecule has 0 amide bonds. The van der Waals surface area contributed by atoms with Crippen LogP contribution in [-0.2, 0) is 62.4 Å². The first-order chi connectivity index (χ1) is 28.2. The van der Waals surface area contributed by atoms with E-state index in [1.54, 1.807) is 93.5 Å². The Kier molecular flexibility index (Phi) is 22.3. The van der Waals surface area contributed by atoms with Gasteiger partial charge in [0.15, 0.2) is 61.8 Å². The molecule has 14 nitrogen and oxygen atoms in total. The molecule has 0 aromatic heterocycles. The molecule has 0 aliphatic rings. The highest BCUT2D eigenvalue weighted by Crippen LogP contribution is 2.44. The van der Waals surface area contributed by atoms with E-state index >= 15 is 0 Å². The number of carbonyl (C=O) groups is 2. The van der Waals surface area contributed by atoms with Crippen LogP contribution < -0.4 is 9.47 Å². The molecule has 18 heteroatoms. The number of ether oxygens (including phenoxy) is 12. The predicted octanol–water partition coefficient (Wildman–Crippen LogP) is 11.2. The molecule has 0 fully saturated rings. The Bertz CT molecular complexity index is 1620. The van der Waals surface area contributed by atoms with Gasteiger partial charge in [0.05, 0.1) is 20.1 Å². The first-order valence-corrected chi connectivity index (χ1v) is 21.0. The minimum atomic E-state index is -0.865. The molecular weight excluding hydrogens is 882 g/mol. The maximum atomic E-state index is 11.7. The normalized spacial score (nSPS) is 16.8. The van der Waals surface area contributed by atoms with Gasteiger partial charge >= 0.3 is 11.9 Å². The molecule has 2 aromatic rings. The van der Waals surface area contributed by atoms with Crippen molar-refractivity contribution in [3.05, 3.63) is 79.8 Å². The maximum Gasteiger partial charge on any atom is 0.335 e. The van der Waals surface area contributed by atoms with Gasteiger partial charge in [-0.25, -0.2) is 9.59 Å². The second-order valence-corrected chi connectivity index (χ2v) is 16.2. The molecule has 0 saturated heterocycles. The molecule has 344 valence electrons. The highest BCUT2D eigenvalue weighted by molar-refractivity contribution is 6.38. The van der Waals surface area contributed by atoms with Gasteiger partial charge in [-0.2, -0.15) is 0 Å². The first-order valence-electron chi connectivity index (χ1n) is 19.5. The van der Waals surface area contributed by atoms with Crippen molar-refractivity contribution in [2.75, 3.05) is 0 Å². The van der Waals surface area contributed by atoms with E-state index in [2.05, 4.69) is 13.2 Å². The smallest absolute Gasteiger partial charge is 0.335 e. The molecule has 0 bridgehead atoms. The van der Waals surface area contributed by atoms with Gasteiger partial charge in [-0.05, 0) is 118 Å². The first kappa shape index (κ1) is 54.4. The van der Waals surface area contributed by atoms with Crippen LogP contribution in [0, 0.1) is 0 Å². The van der Waals surface area contributed by atoms with Crippen molar-refractivity contribution >= 4 is 58.3 Å². The zero-order chi connectivity index (χ0) is 46.5. The second kappa shape index (κ2) is 25.0. The molecule has 10 unspecified atom stereocenters. The number of hydrogen-bond acceptors (Lipinski definition) is 14. The van der Waals surface area contributed by atoms with Gasteiger partial charge in [-0.1, -0.05) is 73.4 Å². The molecule has 0 radical (unpaired) electrons. The van der Waals surface area contributed by atoms with Crippen LogP contribution >= 0.6 is 46.4 Å². The van der Waals surface area contributed by atoms with Crippen molar-refractivity contribution in [1.29, 1.82) is 0 Å². The van der Waals surface area contributed by atoms with E-state index in [1.807, 2.05) is 13.8 Å². The number of benzene rings is 2. The van der Waals surface area contributed by atoms with E-state index in [1.165, 1.54) is 13.8 Å². The summed E-state index contributed by atoms with van der Waals surface area (Å²) in [6, 6.07) is 6.95. The van der Waals surface area contributed by atoms with Crippen LogP contribution in [0.5, 0.6) is 11.5 Å². The fourth-order valence-corrected chi connectivity index (χ4v) is 6.68. The van der Waals surface area contributed by atoms with Gasteiger partial charge in [-0.15, -0.1) is 0 Å². The Morgan fingerprint density at radius 3 is 0.885 bits per heavy atom. The zero-order valence-electron chi connectivity index (χ0n) is 37.2. The van der Waals surface area contributed by atoms with Crippen LogP contribution in [0.1, 0.15) is 108 Å². The Morgan fingerprint density at radius 2 is 0.656 bits per heavy atom. The van der Waals surface area contributed by atoms with Gasteiger partial charge in [0, 0.05) is 16.6 Å². The number of rotatable bonds is 26. The minimum absolute atomic E-state index is 0.208. The topological polar surface area (TPSA) is 145 Å². The minimum Gasteiger partial charge on any atom is -0.462 e. The monoisotopic (exact) mass is 940 g/mol. The summed E-state index contributed by atoms with van der Waals surface area (Å²) in [4.78, 5) is 23.4.